The summed E-state index contributed by atoms with van der Waals surface area (Å²) in [5.74, 6) is 1.52. The third-order valence-corrected chi connectivity index (χ3v) is 6.37. The van der Waals surface area contributed by atoms with Gasteiger partial charge >= 0.3 is 0 Å². The summed E-state index contributed by atoms with van der Waals surface area (Å²) in [6.45, 7) is 9.40. The normalized spacial score (nSPS) is 16.4. The molecule has 1 aromatic carbocycles. The molecule has 0 spiro atoms. The fourth-order valence-corrected chi connectivity index (χ4v) is 4.43. The summed E-state index contributed by atoms with van der Waals surface area (Å²) >= 11 is 6.58. The molecule has 9 nitrogen and oxygen atoms in total. The molecule has 0 bridgehead atoms. The van der Waals surface area contributed by atoms with Gasteiger partial charge in [0.2, 0.25) is 11.8 Å². The van der Waals surface area contributed by atoms with E-state index in [1.54, 1.807) is 12.4 Å². The highest BCUT2D eigenvalue weighted by atomic mass is 35.5. The molecule has 5 rings (SSSR count). The van der Waals surface area contributed by atoms with Crippen LogP contribution in [0, 0.1) is 6.92 Å². The second kappa shape index (κ2) is 8.32. The topological polar surface area (TPSA) is 100 Å². The zero-order valence-electron chi connectivity index (χ0n) is 18.2. The van der Waals surface area contributed by atoms with Crippen molar-refractivity contribution in [1.82, 2.24) is 30.0 Å². The summed E-state index contributed by atoms with van der Waals surface area (Å²) in [5, 5.41) is 9.12. The van der Waals surface area contributed by atoms with Gasteiger partial charge in [0.1, 0.15) is 17.7 Å². The number of hydrogen-bond acceptors (Lipinski definition) is 7. The quantitative estimate of drug-likeness (QED) is 0.458. The van der Waals surface area contributed by atoms with Crippen LogP contribution in [0.3, 0.4) is 0 Å². The molecule has 3 aromatic heterocycles. The molecule has 1 N–H and O–H groups in total. The lowest BCUT2D eigenvalue weighted by atomic mass is 10.1. The Labute approximate surface area is 195 Å². The van der Waals surface area contributed by atoms with Crippen molar-refractivity contribution in [1.29, 1.82) is 0 Å². The number of hydrogen-bond donors (Lipinski definition) is 1. The average molecular weight is 464 g/mol. The number of amides is 1. The molecule has 33 heavy (non-hydrogen) atoms. The lowest BCUT2D eigenvalue weighted by molar-refractivity contribution is -0.128. The Morgan fingerprint density at radius 1 is 1.30 bits per heavy atom. The van der Waals surface area contributed by atoms with Crippen molar-refractivity contribution in [3.63, 3.8) is 0 Å². The monoisotopic (exact) mass is 463 g/mol. The Hall–Kier alpha value is -3.72. The van der Waals surface area contributed by atoms with E-state index >= 15 is 0 Å². The van der Waals surface area contributed by atoms with Crippen LogP contribution in [0.1, 0.15) is 12.5 Å². The maximum atomic E-state index is 12.1. The largest absolute Gasteiger partial charge is 0.435 e. The summed E-state index contributed by atoms with van der Waals surface area (Å²) in [5.41, 5.74) is 2.26. The molecule has 4 aromatic rings. The number of nitrogens with one attached hydrogen (secondary N) is 1. The Morgan fingerprint density at radius 3 is 2.94 bits per heavy atom. The first-order chi connectivity index (χ1) is 16.0. The van der Waals surface area contributed by atoms with Gasteiger partial charge in [0, 0.05) is 37.3 Å². The number of ether oxygens (including phenoxy) is 1. The Balaban J connectivity index is 1.53. The van der Waals surface area contributed by atoms with Crippen molar-refractivity contribution >= 4 is 45.1 Å². The molecule has 0 saturated carbocycles. The lowest BCUT2D eigenvalue weighted by Gasteiger charge is -2.40. The van der Waals surface area contributed by atoms with Gasteiger partial charge in [-0.15, -0.1) is 0 Å². The smallest absolute Gasteiger partial charge is 0.246 e. The van der Waals surface area contributed by atoms with Crippen molar-refractivity contribution in [3.05, 3.63) is 54.1 Å². The number of halogens is 1. The van der Waals surface area contributed by atoms with Crippen LogP contribution in [0.5, 0.6) is 11.6 Å². The van der Waals surface area contributed by atoms with Crippen molar-refractivity contribution in [2.75, 3.05) is 24.5 Å². The predicted octanol–water partition coefficient (Wildman–Crippen LogP) is 3.88. The number of rotatable bonds is 4. The summed E-state index contributed by atoms with van der Waals surface area (Å²) < 4.78 is 6.23. The van der Waals surface area contributed by atoms with Crippen LogP contribution < -0.4 is 9.64 Å². The lowest BCUT2D eigenvalue weighted by Crippen LogP contribution is -2.54. The SMILES string of the molecule is C=CC(=O)N1CCN(c2ncnc3c(Oc4c(Cl)c(C)cc5[nH]ncc45)nccc23)CC1C. The van der Waals surface area contributed by atoms with Gasteiger partial charge < -0.3 is 14.5 Å². The molecule has 1 aliphatic heterocycles. The van der Waals surface area contributed by atoms with Crippen molar-refractivity contribution in [2.24, 2.45) is 0 Å². The van der Waals surface area contributed by atoms with Crippen LogP contribution in [-0.4, -0.2) is 61.6 Å². The van der Waals surface area contributed by atoms with E-state index in [0.717, 1.165) is 27.7 Å². The van der Waals surface area contributed by atoms with Crippen LogP contribution >= 0.6 is 11.6 Å². The highest BCUT2D eigenvalue weighted by molar-refractivity contribution is 6.34. The minimum Gasteiger partial charge on any atom is -0.435 e. The van der Waals surface area contributed by atoms with Gasteiger partial charge in [-0.3, -0.25) is 9.89 Å². The molecule has 1 unspecified atom stereocenters. The average Bonchev–Trinajstić information content (AvgIpc) is 3.29. The third-order valence-electron chi connectivity index (χ3n) is 5.90. The number of H-pyrrole nitrogens is 1. The molecule has 0 radical (unpaired) electrons. The van der Waals surface area contributed by atoms with Crippen LogP contribution in [0.25, 0.3) is 21.8 Å². The molecule has 1 fully saturated rings. The molecule has 1 amide bonds. The van der Waals surface area contributed by atoms with E-state index in [4.69, 9.17) is 16.3 Å². The van der Waals surface area contributed by atoms with Crippen LogP contribution in [0.15, 0.2) is 43.5 Å². The number of pyridine rings is 1. The van der Waals surface area contributed by atoms with Gasteiger partial charge in [0.05, 0.1) is 22.1 Å². The summed E-state index contributed by atoms with van der Waals surface area (Å²) in [4.78, 5) is 29.5. The number of benzene rings is 1. The molecule has 168 valence electrons. The minimum absolute atomic E-state index is 0.0206. The van der Waals surface area contributed by atoms with E-state index in [-0.39, 0.29) is 11.9 Å². The number of carbonyl (C=O) groups excluding carboxylic acids is 1. The molecular weight excluding hydrogens is 442 g/mol. The highest BCUT2D eigenvalue weighted by Crippen LogP contribution is 2.40. The van der Waals surface area contributed by atoms with Crippen LogP contribution in [-0.2, 0) is 4.79 Å². The number of anilines is 1. The Bertz CT molecular complexity index is 1390. The van der Waals surface area contributed by atoms with Crippen LogP contribution in [0.4, 0.5) is 5.82 Å². The Morgan fingerprint density at radius 2 is 2.15 bits per heavy atom. The van der Waals surface area contributed by atoms with Gasteiger partial charge in [-0.05, 0) is 37.6 Å². The number of aromatic nitrogens is 5. The fraction of sp³-hybridized carbons (Fsp3) is 0.261. The van der Waals surface area contributed by atoms with Gasteiger partial charge in [-0.2, -0.15) is 5.10 Å². The second-order valence-electron chi connectivity index (χ2n) is 8.01. The van der Waals surface area contributed by atoms with E-state index in [0.29, 0.717) is 41.8 Å². The van der Waals surface area contributed by atoms with E-state index in [1.165, 1.54) is 12.4 Å². The maximum absolute atomic E-state index is 12.1. The van der Waals surface area contributed by atoms with E-state index in [2.05, 4.69) is 36.6 Å². The van der Waals surface area contributed by atoms with Gasteiger partial charge in [0.15, 0.2) is 5.75 Å². The highest BCUT2D eigenvalue weighted by Gasteiger charge is 2.28. The number of nitrogens with zero attached hydrogens (tertiary/aromatic N) is 6. The summed E-state index contributed by atoms with van der Waals surface area (Å²) in [6, 6.07) is 3.81. The first-order valence-electron chi connectivity index (χ1n) is 10.6. The van der Waals surface area contributed by atoms with E-state index < -0.39 is 0 Å². The zero-order valence-corrected chi connectivity index (χ0v) is 19.0. The molecule has 1 saturated heterocycles. The molecule has 1 atom stereocenters. The van der Waals surface area contributed by atoms with Crippen LogP contribution in [0.2, 0.25) is 5.02 Å². The number of aryl methyl sites for hydroxylation is 1. The summed E-state index contributed by atoms with van der Waals surface area (Å²) in [6.07, 6.45) is 6.20. The number of carbonyl (C=O) groups is 1. The van der Waals surface area contributed by atoms with Gasteiger partial charge in [0.25, 0.3) is 0 Å². The fourth-order valence-electron chi connectivity index (χ4n) is 4.23. The van der Waals surface area contributed by atoms with Crippen molar-refractivity contribution in [3.8, 4) is 11.6 Å². The van der Waals surface area contributed by atoms with E-state index in [1.807, 2.05) is 30.9 Å². The number of piperazine rings is 1. The second-order valence-corrected chi connectivity index (χ2v) is 8.39. The Kier molecular flexibility index (Phi) is 5.33. The molecular formula is C23H22ClN7O2. The van der Waals surface area contributed by atoms with Crippen molar-refractivity contribution in [2.45, 2.75) is 19.9 Å². The first-order valence-corrected chi connectivity index (χ1v) is 10.9. The molecule has 10 heteroatoms. The van der Waals surface area contributed by atoms with Gasteiger partial charge in [-0.25, -0.2) is 15.0 Å². The first kappa shape index (κ1) is 21.1. The molecule has 1 aliphatic rings. The molecule has 0 aliphatic carbocycles. The standard InChI is InChI=1S/C23H22ClN7O2/c1-4-18(32)31-8-7-30(11-14(31)3)22-15-5-6-25-23(20(15)26-12-27-22)33-21-16-10-28-29-17(16)9-13(2)19(21)24/h4-6,9-10,12,14H,1,7-8,11H2,2-3H3,(H,28,29). The number of aromatic amines is 1. The number of fused-ring (bicyclic) bond motifs is 2. The zero-order chi connectivity index (χ0) is 23.1. The minimum atomic E-state index is -0.0600. The third kappa shape index (κ3) is 3.64. The molecule has 4 heterocycles. The summed E-state index contributed by atoms with van der Waals surface area (Å²) in [7, 11) is 0. The van der Waals surface area contributed by atoms with Crippen molar-refractivity contribution < 1.29 is 9.53 Å². The van der Waals surface area contributed by atoms with Gasteiger partial charge in [-0.1, -0.05) is 18.2 Å². The predicted molar refractivity (Wildman–Crippen MR) is 127 cm³/mol. The maximum Gasteiger partial charge on any atom is 0.246 e. The van der Waals surface area contributed by atoms with E-state index in [9.17, 15) is 4.79 Å².